The molecule has 1 amide bonds. The third-order valence-electron chi connectivity index (χ3n) is 4.06. The molecule has 1 N–H and O–H groups in total. The van der Waals surface area contributed by atoms with E-state index in [1.807, 2.05) is 25.1 Å². The van der Waals surface area contributed by atoms with Gasteiger partial charge in [0, 0.05) is 40.6 Å². The zero-order valence-electron chi connectivity index (χ0n) is 12.1. The number of likely N-dealkylation sites (tertiary alicyclic amines) is 1. The number of hydrogen-bond donors (Lipinski definition) is 1. The van der Waals surface area contributed by atoms with Crippen LogP contribution in [0.25, 0.3) is 10.9 Å². The Bertz CT molecular complexity index is 645. The lowest BCUT2D eigenvalue weighted by atomic mass is 9.94. The number of H-pyrrole nitrogens is 1. The molecule has 0 unspecified atom stereocenters. The number of halogens is 1. The number of carbonyl (C=O) groups is 1. The van der Waals surface area contributed by atoms with Gasteiger partial charge in [-0.3, -0.25) is 0 Å². The highest BCUT2D eigenvalue weighted by molar-refractivity contribution is 6.31. The highest BCUT2D eigenvalue weighted by Crippen LogP contribution is 2.30. The van der Waals surface area contributed by atoms with E-state index in [-0.39, 0.29) is 6.09 Å². The Hall–Kier alpha value is -1.68. The van der Waals surface area contributed by atoms with Gasteiger partial charge in [0.2, 0.25) is 0 Å². The quantitative estimate of drug-likeness (QED) is 0.905. The van der Waals surface area contributed by atoms with Gasteiger partial charge in [-0.05, 0) is 44.0 Å². The number of hydrogen-bond acceptors (Lipinski definition) is 2. The fourth-order valence-electron chi connectivity index (χ4n) is 2.93. The SMILES string of the molecule is CCOC(=O)N1CCC(c2cc3cc(Cl)ccc3[nH]2)CC1. The largest absolute Gasteiger partial charge is 0.450 e. The zero-order valence-corrected chi connectivity index (χ0v) is 12.8. The van der Waals surface area contributed by atoms with Gasteiger partial charge in [-0.2, -0.15) is 0 Å². The molecule has 0 bridgehead atoms. The molecule has 0 aliphatic carbocycles. The van der Waals surface area contributed by atoms with Gasteiger partial charge in [-0.15, -0.1) is 0 Å². The van der Waals surface area contributed by atoms with Crippen molar-refractivity contribution >= 4 is 28.6 Å². The van der Waals surface area contributed by atoms with E-state index in [1.54, 1.807) is 4.90 Å². The van der Waals surface area contributed by atoms with E-state index in [0.717, 1.165) is 41.9 Å². The number of rotatable bonds is 2. The maximum atomic E-state index is 11.7. The summed E-state index contributed by atoms with van der Waals surface area (Å²) in [7, 11) is 0. The Balaban J connectivity index is 1.69. The minimum atomic E-state index is -0.195. The minimum Gasteiger partial charge on any atom is -0.450 e. The second kappa shape index (κ2) is 5.98. The van der Waals surface area contributed by atoms with Gasteiger partial charge >= 0.3 is 6.09 Å². The number of aromatic nitrogens is 1. The minimum absolute atomic E-state index is 0.195. The summed E-state index contributed by atoms with van der Waals surface area (Å²) in [5.74, 6) is 0.460. The molecular weight excluding hydrogens is 288 g/mol. The predicted molar refractivity (Wildman–Crippen MR) is 83.9 cm³/mol. The number of nitrogens with one attached hydrogen (secondary N) is 1. The smallest absolute Gasteiger partial charge is 0.409 e. The van der Waals surface area contributed by atoms with Gasteiger partial charge < -0.3 is 14.6 Å². The Kier molecular flexibility index (Phi) is 4.06. The highest BCUT2D eigenvalue weighted by atomic mass is 35.5. The second-order valence-electron chi connectivity index (χ2n) is 5.42. The summed E-state index contributed by atoms with van der Waals surface area (Å²) >= 11 is 6.03. The first-order valence-electron chi connectivity index (χ1n) is 7.37. The van der Waals surface area contributed by atoms with Gasteiger partial charge in [-0.25, -0.2) is 4.79 Å². The maximum absolute atomic E-state index is 11.7. The Morgan fingerprint density at radius 3 is 2.86 bits per heavy atom. The molecule has 1 fully saturated rings. The number of ether oxygens (including phenoxy) is 1. The summed E-state index contributed by atoms with van der Waals surface area (Å²) in [6, 6.07) is 8.05. The van der Waals surface area contributed by atoms with Crippen LogP contribution in [0.2, 0.25) is 5.02 Å². The second-order valence-corrected chi connectivity index (χ2v) is 5.85. The van der Waals surface area contributed by atoms with Crippen LogP contribution in [-0.4, -0.2) is 35.7 Å². The molecule has 1 saturated heterocycles. The van der Waals surface area contributed by atoms with Gasteiger partial charge in [0.05, 0.1) is 6.61 Å². The molecule has 5 heteroatoms. The van der Waals surface area contributed by atoms with Crippen LogP contribution in [0.4, 0.5) is 4.79 Å². The molecule has 0 spiro atoms. The van der Waals surface area contributed by atoms with Crippen molar-refractivity contribution in [2.75, 3.05) is 19.7 Å². The van der Waals surface area contributed by atoms with Crippen LogP contribution in [0.5, 0.6) is 0 Å². The monoisotopic (exact) mass is 306 g/mol. The molecule has 1 aliphatic rings. The summed E-state index contributed by atoms with van der Waals surface area (Å²) in [6.07, 6.45) is 1.72. The van der Waals surface area contributed by atoms with Crippen LogP contribution in [-0.2, 0) is 4.74 Å². The van der Waals surface area contributed by atoms with E-state index in [2.05, 4.69) is 11.1 Å². The standard InChI is InChI=1S/C16H19ClN2O2/c1-2-21-16(20)19-7-5-11(6-8-19)15-10-12-9-13(17)3-4-14(12)18-15/h3-4,9-11,18H,2,5-8H2,1H3. The lowest BCUT2D eigenvalue weighted by Gasteiger charge is -2.30. The molecule has 3 rings (SSSR count). The molecule has 1 aliphatic heterocycles. The van der Waals surface area contributed by atoms with Crippen molar-refractivity contribution in [1.29, 1.82) is 0 Å². The summed E-state index contributed by atoms with van der Waals surface area (Å²) < 4.78 is 5.05. The molecular formula is C16H19ClN2O2. The summed E-state index contributed by atoms with van der Waals surface area (Å²) in [5, 5.41) is 1.90. The van der Waals surface area contributed by atoms with Gasteiger partial charge in [-0.1, -0.05) is 11.6 Å². The predicted octanol–water partition coefficient (Wildman–Crippen LogP) is 4.16. The van der Waals surface area contributed by atoms with E-state index >= 15 is 0 Å². The molecule has 112 valence electrons. The third kappa shape index (κ3) is 3.00. The molecule has 1 aromatic carbocycles. The summed E-state index contributed by atoms with van der Waals surface area (Å²) in [5.41, 5.74) is 2.35. The van der Waals surface area contributed by atoms with Crippen molar-refractivity contribution in [3.63, 3.8) is 0 Å². The number of nitrogens with zero attached hydrogens (tertiary/aromatic N) is 1. The van der Waals surface area contributed by atoms with E-state index in [9.17, 15) is 4.79 Å². The number of benzene rings is 1. The van der Waals surface area contributed by atoms with Crippen LogP contribution in [0.15, 0.2) is 24.3 Å². The van der Waals surface area contributed by atoms with Crippen LogP contribution < -0.4 is 0 Å². The average Bonchev–Trinajstić information content (AvgIpc) is 2.90. The number of carbonyl (C=O) groups excluding carboxylic acids is 1. The van der Waals surface area contributed by atoms with Crippen molar-refractivity contribution < 1.29 is 9.53 Å². The topological polar surface area (TPSA) is 45.3 Å². The first-order chi connectivity index (χ1) is 10.2. The summed E-state index contributed by atoms with van der Waals surface area (Å²) in [6.45, 7) is 3.76. The average molecular weight is 307 g/mol. The van der Waals surface area contributed by atoms with E-state index in [0.29, 0.717) is 12.5 Å². The lowest BCUT2D eigenvalue weighted by molar-refractivity contribution is 0.0969. The Morgan fingerprint density at radius 1 is 1.38 bits per heavy atom. The van der Waals surface area contributed by atoms with Crippen LogP contribution in [0.1, 0.15) is 31.4 Å². The van der Waals surface area contributed by atoms with Gasteiger partial charge in [0.1, 0.15) is 0 Å². The Morgan fingerprint density at radius 2 is 2.14 bits per heavy atom. The number of aromatic amines is 1. The van der Waals surface area contributed by atoms with Crippen molar-refractivity contribution in [2.24, 2.45) is 0 Å². The molecule has 1 aromatic heterocycles. The van der Waals surface area contributed by atoms with Crippen molar-refractivity contribution in [3.05, 3.63) is 35.0 Å². The number of fused-ring (bicyclic) bond motifs is 1. The number of amides is 1. The third-order valence-corrected chi connectivity index (χ3v) is 4.30. The van der Waals surface area contributed by atoms with Crippen molar-refractivity contribution in [3.8, 4) is 0 Å². The first kappa shape index (κ1) is 14.3. The lowest BCUT2D eigenvalue weighted by Crippen LogP contribution is -2.38. The molecule has 2 aromatic rings. The molecule has 21 heavy (non-hydrogen) atoms. The zero-order chi connectivity index (χ0) is 14.8. The van der Waals surface area contributed by atoms with E-state index < -0.39 is 0 Å². The molecule has 4 nitrogen and oxygen atoms in total. The molecule has 0 saturated carbocycles. The van der Waals surface area contributed by atoms with Crippen LogP contribution in [0, 0.1) is 0 Å². The Labute approximate surface area is 129 Å². The molecule has 0 atom stereocenters. The summed E-state index contributed by atoms with van der Waals surface area (Å²) in [4.78, 5) is 17.0. The van der Waals surface area contributed by atoms with Gasteiger partial charge in [0.25, 0.3) is 0 Å². The fourth-order valence-corrected chi connectivity index (χ4v) is 3.11. The van der Waals surface area contributed by atoms with Crippen molar-refractivity contribution in [2.45, 2.75) is 25.7 Å². The highest BCUT2D eigenvalue weighted by Gasteiger charge is 2.25. The van der Waals surface area contributed by atoms with Gasteiger partial charge in [0.15, 0.2) is 0 Å². The van der Waals surface area contributed by atoms with Crippen LogP contribution >= 0.6 is 11.6 Å². The van der Waals surface area contributed by atoms with Crippen molar-refractivity contribution in [1.82, 2.24) is 9.88 Å². The van der Waals surface area contributed by atoms with Crippen LogP contribution in [0.3, 0.4) is 0 Å². The number of piperidine rings is 1. The maximum Gasteiger partial charge on any atom is 0.409 e. The molecule has 0 radical (unpaired) electrons. The fraction of sp³-hybridized carbons (Fsp3) is 0.438. The molecule has 2 heterocycles. The van der Waals surface area contributed by atoms with E-state index in [4.69, 9.17) is 16.3 Å². The normalized spacial score (nSPS) is 16.4. The first-order valence-corrected chi connectivity index (χ1v) is 7.75. The van der Waals surface area contributed by atoms with E-state index in [1.165, 1.54) is 5.69 Å².